The predicted octanol–water partition coefficient (Wildman–Crippen LogP) is 1.75. The van der Waals surface area contributed by atoms with E-state index in [2.05, 4.69) is 0 Å². The number of carbonyl (C=O) groups is 1. The van der Waals surface area contributed by atoms with Crippen molar-refractivity contribution < 1.29 is 18.0 Å². The van der Waals surface area contributed by atoms with Gasteiger partial charge >= 0.3 is 6.43 Å². The van der Waals surface area contributed by atoms with Gasteiger partial charge in [0, 0.05) is 6.54 Å². The third-order valence-corrected chi connectivity index (χ3v) is 1.80. The van der Waals surface area contributed by atoms with E-state index in [0.717, 1.165) is 0 Å². The molecule has 0 fully saturated rings. The summed E-state index contributed by atoms with van der Waals surface area (Å²) >= 11 is 0. The summed E-state index contributed by atoms with van der Waals surface area (Å²) in [5.41, 5.74) is 0.657. The van der Waals surface area contributed by atoms with Crippen LogP contribution in [0.3, 0.4) is 0 Å². The number of rotatable bonds is 4. The van der Waals surface area contributed by atoms with Gasteiger partial charge in [-0.15, -0.1) is 0 Å². The first-order valence-corrected chi connectivity index (χ1v) is 4.40. The molecule has 0 atom stereocenters. The van der Waals surface area contributed by atoms with Crippen LogP contribution in [-0.2, 0) is 11.2 Å². The summed E-state index contributed by atoms with van der Waals surface area (Å²) < 4.78 is 36.2. The largest absolute Gasteiger partial charge is 0.351 e. The first-order valence-electron chi connectivity index (χ1n) is 4.40. The molecule has 1 N–H and O–H groups in total. The van der Waals surface area contributed by atoms with Crippen LogP contribution in [0.15, 0.2) is 24.3 Å². The number of amides is 1. The summed E-state index contributed by atoms with van der Waals surface area (Å²) in [6.45, 7) is 0.0760. The van der Waals surface area contributed by atoms with E-state index in [1.165, 1.54) is 18.2 Å². The first kappa shape index (κ1) is 11.6. The van der Waals surface area contributed by atoms with Crippen LogP contribution in [0.5, 0.6) is 0 Å². The molecule has 0 heterocycles. The molecule has 0 radical (unpaired) electrons. The monoisotopic (exact) mass is 217 g/mol. The van der Waals surface area contributed by atoms with Crippen molar-refractivity contribution in [2.75, 3.05) is 6.54 Å². The summed E-state index contributed by atoms with van der Waals surface area (Å²) in [7, 11) is 0. The highest BCUT2D eigenvalue weighted by Crippen LogP contribution is 2.03. The normalized spacial score (nSPS) is 10.4. The Balaban J connectivity index is 2.35. The zero-order valence-corrected chi connectivity index (χ0v) is 7.84. The summed E-state index contributed by atoms with van der Waals surface area (Å²) in [4.78, 5) is 10.5. The minimum Gasteiger partial charge on any atom is -0.351 e. The van der Waals surface area contributed by atoms with Crippen LogP contribution >= 0.6 is 0 Å². The number of alkyl halides is 2. The Bertz CT molecular complexity index is 341. The molecule has 0 aromatic heterocycles. The molecule has 82 valence electrons. The van der Waals surface area contributed by atoms with Crippen molar-refractivity contribution in [2.24, 2.45) is 0 Å². The highest BCUT2D eigenvalue weighted by Gasteiger charge is 2.13. The number of carbonyl (C=O) groups excluding carboxylic acids is 1. The zero-order chi connectivity index (χ0) is 11.3. The summed E-state index contributed by atoms with van der Waals surface area (Å²) in [5, 5.41) is 2.04. The van der Waals surface area contributed by atoms with Crippen molar-refractivity contribution in [3.8, 4) is 0 Å². The lowest BCUT2D eigenvalue weighted by Gasteiger charge is -2.04. The second-order valence-electron chi connectivity index (χ2n) is 2.97. The lowest BCUT2D eigenvalue weighted by Crippen LogP contribution is -2.31. The summed E-state index contributed by atoms with van der Waals surface area (Å²) in [5.74, 6) is -1.68. The molecular formula is C10H10F3NO. The van der Waals surface area contributed by atoms with E-state index in [0.29, 0.717) is 12.0 Å². The van der Waals surface area contributed by atoms with Gasteiger partial charge < -0.3 is 5.32 Å². The maximum atomic E-state index is 12.7. The fraction of sp³-hybridized carbons (Fsp3) is 0.300. The van der Waals surface area contributed by atoms with E-state index in [4.69, 9.17) is 0 Å². The standard InChI is InChI=1S/C10H10F3NO/c11-8-3-1-2-7(6-8)4-5-14-10(15)9(12)13/h1-3,6,9H,4-5H2,(H,14,15). The molecule has 0 aliphatic heterocycles. The molecule has 1 rings (SSSR count). The third kappa shape index (κ3) is 4.01. The minimum atomic E-state index is -3.00. The predicted molar refractivity (Wildman–Crippen MR) is 49.1 cm³/mol. The van der Waals surface area contributed by atoms with Crippen molar-refractivity contribution in [2.45, 2.75) is 12.8 Å². The van der Waals surface area contributed by atoms with Gasteiger partial charge in [-0.2, -0.15) is 8.78 Å². The van der Waals surface area contributed by atoms with Crippen LogP contribution < -0.4 is 5.32 Å². The molecule has 0 saturated carbocycles. The molecule has 0 saturated heterocycles. The van der Waals surface area contributed by atoms with E-state index in [1.807, 2.05) is 5.32 Å². The third-order valence-electron chi connectivity index (χ3n) is 1.80. The molecule has 1 aromatic rings. The Labute approximate surface area is 85.1 Å². The Kier molecular flexibility index (Phi) is 4.15. The van der Waals surface area contributed by atoms with Gasteiger partial charge in [-0.1, -0.05) is 12.1 Å². The van der Waals surface area contributed by atoms with Crippen molar-refractivity contribution in [3.63, 3.8) is 0 Å². The van der Waals surface area contributed by atoms with Crippen LogP contribution in [0.2, 0.25) is 0 Å². The van der Waals surface area contributed by atoms with Gasteiger partial charge in [0.1, 0.15) is 5.82 Å². The molecule has 1 amide bonds. The lowest BCUT2D eigenvalue weighted by molar-refractivity contribution is -0.131. The van der Waals surface area contributed by atoms with Crippen molar-refractivity contribution in [1.82, 2.24) is 5.32 Å². The number of hydrogen-bond acceptors (Lipinski definition) is 1. The maximum Gasteiger partial charge on any atom is 0.315 e. The van der Waals surface area contributed by atoms with Gasteiger partial charge in [0.15, 0.2) is 0 Å². The van der Waals surface area contributed by atoms with Crippen LogP contribution in [0, 0.1) is 5.82 Å². The smallest absolute Gasteiger partial charge is 0.315 e. The van der Waals surface area contributed by atoms with Crippen molar-refractivity contribution in [3.05, 3.63) is 35.6 Å². The van der Waals surface area contributed by atoms with Gasteiger partial charge in [0.2, 0.25) is 0 Å². The van der Waals surface area contributed by atoms with Crippen LogP contribution in [0.4, 0.5) is 13.2 Å². The molecule has 5 heteroatoms. The zero-order valence-electron chi connectivity index (χ0n) is 7.84. The molecule has 0 spiro atoms. The average molecular weight is 217 g/mol. The second kappa shape index (κ2) is 5.38. The highest BCUT2D eigenvalue weighted by molar-refractivity contribution is 5.78. The van der Waals surface area contributed by atoms with Crippen LogP contribution in [0.25, 0.3) is 0 Å². The van der Waals surface area contributed by atoms with Gasteiger partial charge in [0.05, 0.1) is 0 Å². The molecule has 0 aliphatic carbocycles. The first-order chi connectivity index (χ1) is 7.09. The van der Waals surface area contributed by atoms with Crippen LogP contribution in [0.1, 0.15) is 5.56 Å². The quantitative estimate of drug-likeness (QED) is 0.817. The molecule has 0 unspecified atom stereocenters. The van der Waals surface area contributed by atoms with E-state index < -0.39 is 12.3 Å². The fourth-order valence-corrected chi connectivity index (χ4v) is 1.10. The average Bonchev–Trinajstić information content (AvgIpc) is 2.17. The van der Waals surface area contributed by atoms with Crippen LogP contribution in [-0.4, -0.2) is 18.9 Å². The van der Waals surface area contributed by atoms with E-state index in [1.54, 1.807) is 6.07 Å². The van der Waals surface area contributed by atoms with Gasteiger partial charge in [-0.25, -0.2) is 4.39 Å². The molecular weight excluding hydrogens is 207 g/mol. The maximum absolute atomic E-state index is 12.7. The van der Waals surface area contributed by atoms with E-state index in [-0.39, 0.29) is 12.4 Å². The highest BCUT2D eigenvalue weighted by atomic mass is 19.3. The Morgan fingerprint density at radius 2 is 2.13 bits per heavy atom. The number of benzene rings is 1. The van der Waals surface area contributed by atoms with Gasteiger partial charge in [0.25, 0.3) is 5.91 Å². The minimum absolute atomic E-state index is 0.0760. The van der Waals surface area contributed by atoms with Gasteiger partial charge in [-0.3, -0.25) is 4.79 Å². The SMILES string of the molecule is O=C(NCCc1cccc(F)c1)C(F)F. The molecule has 1 aromatic carbocycles. The Hall–Kier alpha value is -1.52. The molecule has 2 nitrogen and oxygen atoms in total. The molecule has 0 aliphatic rings. The van der Waals surface area contributed by atoms with Crippen molar-refractivity contribution >= 4 is 5.91 Å². The number of halogens is 3. The van der Waals surface area contributed by atoms with E-state index >= 15 is 0 Å². The van der Waals surface area contributed by atoms with Gasteiger partial charge in [-0.05, 0) is 24.1 Å². The fourth-order valence-electron chi connectivity index (χ4n) is 1.10. The second-order valence-corrected chi connectivity index (χ2v) is 2.97. The lowest BCUT2D eigenvalue weighted by atomic mass is 10.1. The molecule has 0 bridgehead atoms. The van der Waals surface area contributed by atoms with E-state index in [9.17, 15) is 18.0 Å². The Morgan fingerprint density at radius 1 is 1.40 bits per heavy atom. The molecule has 15 heavy (non-hydrogen) atoms. The topological polar surface area (TPSA) is 29.1 Å². The number of nitrogens with one attached hydrogen (secondary N) is 1. The number of hydrogen-bond donors (Lipinski definition) is 1. The summed E-state index contributed by atoms with van der Waals surface area (Å²) in [6, 6.07) is 5.78. The Morgan fingerprint density at radius 3 is 2.73 bits per heavy atom. The van der Waals surface area contributed by atoms with Crippen molar-refractivity contribution in [1.29, 1.82) is 0 Å². The summed E-state index contributed by atoms with van der Waals surface area (Å²) in [6.07, 6.45) is -2.67.